The Morgan fingerprint density at radius 2 is 1.84 bits per heavy atom. The zero-order valence-electron chi connectivity index (χ0n) is 15.2. The molecule has 0 N–H and O–H groups in total. The summed E-state index contributed by atoms with van der Waals surface area (Å²) in [6.07, 6.45) is 6.22. The van der Waals surface area contributed by atoms with Crippen LogP contribution in [0.15, 0.2) is 42.7 Å². The fraction of sp³-hybridized carbons (Fsp3) is 0.400. The Hall–Kier alpha value is -2.40. The summed E-state index contributed by atoms with van der Waals surface area (Å²) in [6, 6.07) is 11.1. The predicted molar refractivity (Wildman–Crippen MR) is 103 cm³/mol. The maximum Gasteiger partial charge on any atom is 0.158 e. The van der Waals surface area contributed by atoms with Gasteiger partial charge in [0.05, 0.1) is 12.2 Å². The van der Waals surface area contributed by atoms with Crippen molar-refractivity contribution < 1.29 is 0 Å². The summed E-state index contributed by atoms with van der Waals surface area (Å²) in [7, 11) is 6.33. The minimum Gasteiger partial charge on any atom is -0.377 e. The quantitative estimate of drug-likeness (QED) is 0.735. The summed E-state index contributed by atoms with van der Waals surface area (Å²) in [4.78, 5) is 9.30. The van der Waals surface area contributed by atoms with Crippen LogP contribution in [0, 0.1) is 0 Å². The Kier molecular flexibility index (Phi) is 4.17. The third kappa shape index (κ3) is 3.00. The lowest BCUT2D eigenvalue weighted by Crippen LogP contribution is -2.31. The first-order chi connectivity index (χ1) is 12.1. The van der Waals surface area contributed by atoms with Crippen molar-refractivity contribution >= 4 is 16.7 Å². The van der Waals surface area contributed by atoms with Crippen LogP contribution in [-0.4, -0.2) is 53.9 Å². The van der Waals surface area contributed by atoms with E-state index in [1.807, 2.05) is 12.4 Å². The van der Waals surface area contributed by atoms with Crippen LogP contribution in [0.1, 0.15) is 18.9 Å². The Bertz CT molecular complexity index is 875. The molecule has 0 saturated carbocycles. The second-order valence-corrected chi connectivity index (χ2v) is 7.17. The SMILES string of the molecule is CN1CCC(n2ncc3cc(-c4ccccc4N(C)C)cnc32)CC1. The average molecular weight is 335 g/mol. The van der Waals surface area contributed by atoms with Crippen molar-refractivity contribution in [2.24, 2.45) is 0 Å². The molecular formula is C20H25N5. The molecule has 5 nitrogen and oxygen atoms in total. The molecule has 0 atom stereocenters. The van der Waals surface area contributed by atoms with Crippen LogP contribution in [0.25, 0.3) is 22.2 Å². The number of fused-ring (bicyclic) bond motifs is 1. The first-order valence-electron chi connectivity index (χ1n) is 8.92. The van der Waals surface area contributed by atoms with Crippen LogP contribution in [0.2, 0.25) is 0 Å². The van der Waals surface area contributed by atoms with Gasteiger partial charge in [0.2, 0.25) is 0 Å². The lowest BCUT2D eigenvalue weighted by atomic mass is 10.0. The molecule has 0 spiro atoms. The van der Waals surface area contributed by atoms with Crippen molar-refractivity contribution in [2.45, 2.75) is 18.9 Å². The monoisotopic (exact) mass is 335 g/mol. The lowest BCUT2D eigenvalue weighted by Gasteiger charge is -2.29. The first kappa shape index (κ1) is 16.1. The van der Waals surface area contributed by atoms with Gasteiger partial charge in [-0.3, -0.25) is 0 Å². The summed E-state index contributed by atoms with van der Waals surface area (Å²) in [5, 5.41) is 5.78. The molecule has 2 aromatic heterocycles. The predicted octanol–water partition coefficient (Wildman–Crippen LogP) is 3.43. The van der Waals surface area contributed by atoms with Crippen LogP contribution in [0.5, 0.6) is 0 Å². The minimum atomic E-state index is 0.459. The minimum absolute atomic E-state index is 0.459. The molecule has 0 aliphatic carbocycles. The van der Waals surface area contributed by atoms with Crippen molar-refractivity contribution in [2.75, 3.05) is 39.1 Å². The third-order valence-corrected chi connectivity index (χ3v) is 5.16. The van der Waals surface area contributed by atoms with Crippen LogP contribution < -0.4 is 4.90 Å². The van der Waals surface area contributed by atoms with Gasteiger partial charge in [-0.2, -0.15) is 5.10 Å². The molecule has 1 aromatic carbocycles. The third-order valence-electron chi connectivity index (χ3n) is 5.16. The molecule has 3 aromatic rings. The molecule has 3 heterocycles. The van der Waals surface area contributed by atoms with E-state index in [0.29, 0.717) is 6.04 Å². The van der Waals surface area contributed by atoms with E-state index in [2.05, 4.69) is 71.1 Å². The largest absolute Gasteiger partial charge is 0.377 e. The van der Waals surface area contributed by atoms with Crippen molar-refractivity contribution in [1.29, 1.82) is 0 Å². The van der Waals surface area contributed by atoms with Gasteiger partial charge in [-0.15, -0.1) is 0 Å². The standard InChI is InChI=1S/C20H25N5/c1-23(2)19-7-5-4-6-18(19)15-12-16-14-22-25(20(16)21-13-15)17-8-10-24(3)11-9-17/h4-7,12-14,17H,8-11H2,1-3H3. The molecule has 1 fully saturated rings. The van der Waals surface area contributed by atoms with Gasteiger partial charge in [-0.1, -0.05) is 18.2 Å². The smallest absolute Gasteiger partial charge is 0.158 e. The van der Waals surface area contributed by atoms with E-state index in [1.54, 1.807) is 0 Å². The fourth-order valence-electron chi connectivity index (χ4n) is 3.70. The van der Waals surface area contributed by atoms with Crippen LogP contribution >= 0.6 is 0 Å². The second kappa shape index (κ2) is 6.48. The molecular weight excluding hydrogens is 310 g/mol. The van der Waals surface area contributed by atoms with E-state index < -0.39 is 0 Å². The summed E-state index contributed by atoms with van der Waals surface area (Å²) in [5.74, 6) is 0. The topological polar surface area (TPSA) is 37.2 Å². The highest BCUT2D eigenvalue weighted by Crippen LogP contribution is 2.32. The fourth-order valence-corrected chi connectivity index (χ4v) is 3.70. The Balaban J connectivity index is 1.71. The van der Waals surface area contributed by atoms with Gasteiger partial charge in [-0.05, 0) is 45.1 Å². The number of benzene rings is 1. The van der Waals surface area contributed by atoms with Gasteiger partial charge >= 0.3 is 0 Å². The van der Waals surface area contributed by atoms with Crippen molar-refractivity contribution in [3.8, 4) is 11.1 Å². The van der Waals surface area contributed by atoms with E-state index in [-0.39, 0.29) is 0 Å². The molecule has 0 amide bonds. The highest BCUT2D eigenvalue weighted by molar-refractivity contribution is 5.85. The number of para-hydroxylation sites is 1. The maximum atomic E-state index is 4.78. The molecule has 25 heavy (non-hydrogen) atoms. The van der Waals surface area contributed by atoms with E-state index in [1.165, 1.54) is 11.3 Å². The van der Waals surface area contributed by atoms with Crippen molar-refractivity contribution in [1.82, 2.24) is 19.7 Å². The number of piperidine rings is 1. The van der Waals surface area contributed by atoms with Crippen LogP contribution in [-0.2, 0) is 0 Å². The normalized spacial score (nSPS) is 16.4. The number of anilines is 1. The van der Waals surface area contributed by atoms with Crippen LogP contribution in [0.4, 0.5) is 5.69 Å². The van der Waals surface area contributed by atoms with Gasteiger partial charge in [-0.25, -0.2) is 9.67 Å². The van der Waals surface area contributed by atoms with Gasteiger partial charge in [0.25, 0.3) is 0 Å². The Morgan fingerprint density at radius 3 is 2.60 bits per heavy atom. The Morgan fingerprint density at radius 1 is 1.08 bits per heavy atom. The molecule has 5 heteroatoms. The van der Waals surface area contributed by atoms with E-state index in [9.17, 15) is 0 Å². The number of rotatable bonds is 3. The van der Waals surface area contributed by atoms with Crippen molar-refractivity contribution in [3.63, 3.8) is 0 Å². The van der Waals surface area contributed by atoms with E-state index >= 15 is 0 Å². The van der Waals surface area contributed by atoms with E-state index in [4.69, 9.17) is 4.98 Å². The zero-order chi connectivity index (χ0) is 17.4. The molecule has 1 aliphatic rings. The lowest BCUT2D eigenvalue weighted by molar-refractivity contribution is 0.215. The Labute approximate surface area is 148 Å². The average Bonchev–Trinajstić information content (AvgIpc) is 3.05. The van der Waals surface area contributed by atoms with E-state index in [0.717, 1.165) is 42.5 Å². The van der Waals surface area contributed by atoms with Gasteiger partial charge in [0.15, 0.2) is 5.65 Å². The summed E-state index contributed by atoms with van der Waals surface area (Å²) >= 11 is 0. The summed E-state index contributed by atoms with van der Waals surface area (Å²) < 4.78 is 2.13. The number of likely N-dealkylation sites (tertiary alicyclic amines) is 1. The number of hydrogen-bond donors (Lipinski definition) is 0. The number of pyridine rings is 1. The van der Waals surface area contributed by atoms with Crippen molar-refractivity contribution in [3.05, 3.63) is 42.7 Å². The first-order valence-corrected chi connectivity index (χ1v) is 8.92. The maximum absolute atomic E-state index is 4.78. The second-order valence-electron chi connectivity index (χ2n) is 7.17. The molecule has 0 radical (unpaired) electrons. The number of hydrogen-bond acceptors (Lipinski definition) is 4. The highest BCUT2D eigenvalue weighted by Gasteiger charge is 2.21. The highest BCUT2D eigenvalue weighted by atomic mass is 15.3. The zero-order valence-corrected chi connectivity index (χ0v) is 15.2. The summed E-state index contributed by atoms with van der Waals surface area (Å²) in [5.41, 5.74) is 4.54. The van der Waals surface area contributed by atoms with Gasteiger partial charge in [0, 0.05) is 42.5 Å². The van der Waals surface area contributed by atoms with Gasteiger partial charge < -0.3 is 9.80 Å². The molecule has 4 rings (SSSR count). The summed E-state index contributed by atoms with van der Waals surface area (Å²) in [6.45, 7) is 2.25. The number of aromatic nitrogens is 3. The molecule has 0 unspecified atom stereocenters. The van der Waals surface area contributed by atoms with Crippen LogP contribution in [0.3, 0.4) is 0 Å². The molecule has 1 aliphatic heterocycles. The molecule has 130 valence electrons. The molecule has 1 saturated heterocycles. The molecule has 0 bridgehead atoms. The number of nitrogens with zero attached hydrogens (tertiary/aromatic N) is 5. The van der Waals surface area contributed by atoms with Gasteiger partial charge in [0.1, 0.15) is 0 Å².